The molecule has 1 heterocycles. The molecule has 0 unspecified atom stereocenters. The molecule has 1 aromatic rings. The summed E-state index contributed by atoms with van der Waals surface area (Å²) in [4.78, 5) is 37.5. The number of amides is 3. The van der Waals surface area contributed by atoms with Crippen LogP contribution in [0.1, 0.15) is 24.2 Å². The molecule has 0 saturated carbocycles. The fraction of sp³-hybridized carbons (Fsp3) is 0.357. The van der Waals surface area contributed by atoms with Crippen molar-refractivity contribution in [2.45, 2.75) is 13.8 Å². The molecule has 0 radical (unpaired) electrons. The molecule has 1 aliphatic heterocycles. The lowest BCUT2D eigenvalue weighted by Gasteiger charge is -2.18. The van der Waals surface area contributed by atoms with Crippen LogP contribution in [0.5, 0.6) is 0 Å². The molecule has 3 amide bonds. The van der Waals surface area contributed by atoms with Gasteiger partial charge in [0.25, 0.3) is 5.91 Å². The fourth-order valence-corrected chi connectivity index (χ4v) is 2.09. The van der Waals surface area contributed by atoms with Gasteiger partial charge >= 0.3 is 12.0 Å². The van der Waals surface area contributed by atoms with E-state index in [1.165, 1.54) is 21.9 Å². The Labute approximate surface area is 116 Å². The van der Waals surface area contributed by atoms with Crippen LogP contribution in [0.25, 0.3) is 0 Å². The molecule has 1 aromatic carbocycles. The van der Waals surface area contributed by atoms with Gasteiger partial charge in [-0.1, -0.05) is 19.9 Å². The highest BCUT2D eigenvalue weighted by atomic mass is 16.4. The summed E-state index contributed by atoms with van der Waals surface area (Å²) in [5.74, 6) is -1.14. The Balaban J connectivity index is 2.26. The Morgan fingerprint density at radius 1 is 1.35 bits per heavy atom. The Kier molecular flexibility index (Phi) is 3.74. The number of carbonyl (C=O) groups excluding carboxylic acids is 2. The minimum absolute atomic E-state index is 0.0470. The van der Waals surface area contributed by atoms with Gasteiger partial charge in [0.05, 0.1) is 5.56 Å². The summed E-state index contributed by atoms with van der Waals surface area (Å²) in [6.07, 6.45) is 0. The number of rotatable bonds is 4. The van der Waals surface area contributed by atoms with Crippen molar-refractivity contribution < 1.29 is 19.5 Å². The SMILES string of the molecule is CC(C)CN1C(=O)CN(c2cccc(C(=O)O)c2)C1=O. The van der Waals surface area contributed by atoms with Crippen molar-refractivity contribution in [1.82, 2.24) is 4.90 Å². The van der Waals surface area contributed by atoms with Gasteiger partial charge in [-0.25, -0.2) is 9.59 Å². The smallest absolute Gasteiger partial charge is 0.335 e. The molecule has 0 bridgehead atoms. The summed E-state index contributed by atoms with van der Waals surface area (Å²) in [5.41, 5.74) is 0.513. The predicted octanol–water partition coefficient (Wildman–Crippen LogP) is 1.81. The van der Waals surface area contributed by atoms with Gasteiger partial charge in [-0.2, -0.15) is 0 Å². The summed E-state index contributed by atoms with van der Waals surface area (Å²) in [7, 11) is 0. The van der Waals surface area contributed by atoms with Crippen molar-refractivity contribution in [2.75, 3.05) is 18.0 Å². The largest absolute Gasteiger partial charge is 0.478 e. The third kappa shape index (κ3) is 2.64. The summed E-state index contributed by atoms with van der Waals surface area (Å²) in [6, 6.07) is 5.62. The standard InChI is InChI=1S/C14H16N2O4/c1-9(2)7-16-12(17)8-15(14(16)20)11-5-3-4-10(6-11)13(18)19/h3-6,9H,7-8H2,1-2H3,(H,18,19). The van der Waals surface area contributed by atoms with Crippen molar-refractivity contribution in [3.8, 4) is 0 Å². The van der Waals surface area contributed by atoms with E-state index in [1.807, 2.05) is 13.8 Å². The highest BCUT2D eigenvalue weighted by Gasteiger charge is 2.37. The van der Waals surface area contributed by atoms with E-state index in [0.717, 1.165) is 0 Å². The van der Waals surface area contributed by atoms with E-state index in [2.05, 4.69) is 0 Å². The van der Waals surface area contributed by atoms with E-state index in [-0.39, 0.29) is 23.9 Å². The maximum Gasteiger partial charge on any atom is 0.335 e. The summed E-state index contributed by atoms with van der Waals surface area (Å²) in [5, 5.41) is 8.96. The van der Waals surface area contributed by atoms with Crippen LogP contribution in [0.4, 0.5) is 10.5 Å². The Bertz CT molecular complexity index is 568. The van der Waals surface area contributed by atoms with Crippen molar-refractivity contribution in [3.05, 3.63) is 29.8 Å². The molecule has 1 saturated heterocycles. The van der Waals surface area contributed by atoms with Crippen molar-refractivity contribution in [3.63, 3.8) is 0 Å². The first kappa shape index (κ1) is 14.0. The zero-order valence-electron chi connectivity index (χ0n) is 11.4. The first-order valence-corrected chi connectivity index (χ1v) is 6.35. The lowest BCUT2D eigenvalue weighted by atomic mass is 10.2. The van der Waals surface area contributed by atoms with E-state index >= 15 is 0 Å². The topological polar surface area (TPSA) is 77.9 Å². The molecular formula is C14H16N2O4. The first-order chi connectivity index (χ1) is 9.40. The highest BCUT2D eigenvalue weighted by Crippen LogP contribution is 2.22. The van der Waals surface area contributed by atoms with Crippen LogP contribution in [-0.4, -0.2) is 41.0 Å². The zero-order valence-corrected chi connectivity index (χ0v) is 11.4. The molecule has 0 aliphatic carbocycles. The van der Waals surface area contributed by atoms with Gasteiger partial charge in [0, 0.05) is 12.2 Å². The van der Waals surface area contributed by atoms with Gasteiger partial charge in [-0.3, -0.25) is 14.6 Å². The third-order valence-corrected chi connectivity index (χ3v) is 3.01. The molecule has 6 heteroatoms. The van der Waals surface area contributed by atoms with Gasteiger partial charge in [0.2, 0.25) is 0 Å². The third-order valence-electron chi connectivity index (χ3n) is 3.01. The summed E-state index contributed by atoms with van der Waals surface area (Å²) < 4.78 is 0. The number of benzene rings is 1. The Morgan fingerprint density at radius 3 is 2.65 bits per heavy atom. The molecule has 0 aromatic heterocycles. The van der Waals surface area contributed by atoms with Crippen LogP contribution < -0.4 is 4.90 Å². The number of carboxylic acid groups (broad SMARTS) is 1. The number of imide groups is 1. The number of aromatic carboxylic acids is 1. The van der Waals surface area contributed by atoms with E-state index in [9.17, 15) is 14.4 Å². The van der Waals surface area contributed by atoms with Crippen molar-refractivity contribution >= 4 is 23.6 Å². The summed E-state index contributed by atoms with van der Waals surface area (Å²) >= 11 is 0. The van der Waals surface area contributed by atoms with E-state index < -0.39 is 12.0 Å². The Hall–Kier alpha value is -2.37. The monoisotopic (exact) mass is 276 g/mol. The molecule has 1 fully saturated rings. The number of nitrogens with zero attached hydrogens (tertiary/aromatic N) is 2. The molecule has 1 aliphatic rings. The van der Waals surface area contributed by atoms with Crippen molar-refractivity contribution in [1.29, 1.82) is 0 Å². The van der Waals surface area contributed by atoms with Crippen LogP contribution >= 0.6 is 0 Å². The molecule has 2 rings (SSSR count). The normalized spacial score (nSPS) is 15.3. The fourth-order valence-electron chi connectivity index (χ4n) is 2.09. The zero-order chi connectivity index (χ0) is 14.9. The molecule has 1 N–H and O–H groups in total. The lowest BCUT2D eigenvalue weighted by molar-refractivity contribution is -0.125. The second-order valence-corrected chi connectivity index (χ2v) is 5.12. The number of carboxylic acids is 1. The maximum absolute atomic E-state index is 12.2. The average molecular weight is 276 g/mol. The minimum Gasteiger partial charge on any atom is -0.478 e. The second-order valence-electron chi connectivity index (χ2n) is 5.12. The molecular weight excluding hydrogens is 260 g/mol. The van der Waals surface area contributed by atoms with Gasteiger partial charge in [-0.15, -0.1) is 0 Å². The van der Waals surface area contributed by atoms with Gasteiger partial charge in [0.15, 0.2) is 0 Å². The minimum atomic E-state index is -1.07. The van der Waals surface area contributed by atoms with E-state index in [0.29, 0.717) is 12.2 Å². The highest BCUT2D eigenvalue weighted by molar-refractivity contribution is 6.12. The van der Waals surface area contributed by atoms with Crippen LogP contribution in [0, 0.1) is 5.92 Å². The lowest BCUT2D eigenvalue weighted by Crippen LogP contribution is -2.35. The van der Waals surface area contributed by atoms with Crippen molar-refractivity contribution in [2.24, 2.45) is 5.92 Å². The van der Waals surface area contributed by atoms with Crippen LogP contribution in [-0.2, 0) is 4.79 Å². The average Bonchev–Trinajstić information content (AvgIpc) is 2.66. The number of anilines is 1. The van der Waals surface area contributed by atoms with Gasteiger partial charge < -0.3 is 5.11 Å². The van der Waals surface area contributed by atoms with Crippen LogP contribution in [0.3, 0.4) is 0 Å². The predicted molar refractivity (Wildman–Crippen MR) is 72.7 cm³/mol. The number of hydrogen-bond donors (Lipinski definition) is 1. The Morgan fingerprint density at radius 2 is 2.05 bits per heavy atom. The van der Waals surface area contributed by atoms with Crippen LogP contribution in [0.15, 0.2) is 24.3 Å². The maximum atomic E-state index is 12.2. The number of urea groups is 1. The quantitative estimate of drug-likeness (QED) is 0.851. The molecule has 0 atom stereocenters. The van der Waals surface area contributed by atoms with E-state index in [4.69, 9.17) is 5.11 Å². The van der Waals surface area contributed by atoms with Gasteiger partial charge in [-0.05, 0) is 24.1 Å². The molecule has 106 valence electrons. The second kappa shape index (κ2) is 5.32. The van der Waals surface area contributed by atoms with Crippen LogP contribution in [0.2, 0.25) is 0 Å². The molecule has 6 nitrogen and oxygen atoms in total. The number of carbonyl (C=O) groups is 3. The van der Waals surface area contributed by atoms with E-state index in [1.54, 1.807) is 12.1 Å². The van der Waals surface area contributed by atoms with Gasteiger partial charge in [0.1, 0.15) is 6.54 Å². The molecule has 0 spiro atoms. The summed E-state index contributed by atoms with van der Waals surface area (Å²) in [6.45, 7) is 4.17. The molecule has 20 heavy (non-hydrogen) atoms. The number of hydrogen-bond acceptors (Lipinski definition) is 3. The first-order valence-electron chi connectivity index (χ1n) is 6.35.